The molecular formula is C18H16O. The highest BCUT2D eigenvalue weighted by Crippen LogP contribution is 2.09. The highest BCUT2D eigenvalue weighted by Gasteiger charge is 2.01. The first kappa shape index (κ1) is 13.1. The first-order valence-corrected chi connectivity index (χ1v) is 6.27. The van der Waals surface area contributed by atoms with Gasteiger partial charge >= 0.3 is 0 Å². The third-order valence-electron chi connectivity index (χ3n) is 2.70. The molecule has 1 N–H and O–H groups in total. The summed E-state index contributed by atoms with van der Waals surface area (Å²) in [5, 5.41) is 9.78. The van der Waals surface area contributed by atoms with E-state index in [1.54, 1.807) is 6.92 Å². The van der Waals surface area contributed by atoms with Crippen LogP contribution in [0.5, 0.6) is 0 Å². The highest BCUT2D eigenvalue weighted by atomic mass is 16.3. The second kappa shape index (κ2) is 6.58. The van der Waals surface area contributed by atoms with Gasteiger partial charge in [0.2, 0.25) is 0 Å². The van der Waals surface area contributed by atoms with E-state index in [0.29, 0.717) is 0 Å². The molecule has 1 heteroatoms. The fraction of sp³-hybridized carbons (Fsp3) is 0.111. The van der Waals surface area contributed by atoms with E-state index in [9.17, 15) is 5.11 Å². The minimum Gasteiger partial charge on any atom is -0.388 e. The Labute approximate surface area is 114 Å². The van der Waals surface area contributed by atoms with Gasteiger partial charge < -0.3 is 5.11 Å². The van der Waals surface area contributed by atoms with E-state index in [1.807, 2.05) is 66.7 Å². The molecule has 0 radical (unpaired) electrons. The molecule has 0 aromatic heterocycles. The third-order valence-corrected chi connectivity index (χ3v) is 2.70. The van der Waals surface area contributed by atoms with Gasteiger partial charge in [0.25, 0.3) is 0 Å². The minimum atomic E-state index is -0.573. The molecule has 2 aromatic carbocycles. The number of hydrogen-bond donors (Lipinski definition) is 1. The van der Waals surface area contributed by atoms with Crippen LogP contribution in [0.1, 0.15) is 18.1 Å². The first-order valence-electron chi connectivity index (χ1n) is 6.27. The average Bonchev–Trinajstić information content (AvgIpc) is 2.45. The van der Waals surface area contributed by atoms with Crippen LogP contribution in [-0.4, -0.2) is 11.2 Å². The zero-order chi connectivity index (χ0) is 13.5. The number of hydrogen-bond acceptors (Lipinski definition) is 1. The van der Waals surface area contributed by atoms with Crippen molar-refractivity contribution in [2.45, 2.75) is 13.0 Å². The van der Waals surface area contributed by atoms with Gasteiger partial charge in [-0.05, 0) is 30.7 Å². The maximum atomic E-state index is 9.78. The van der Waals surface area contributed by atoms with Crippen molar-refractivity contribution in [1.82, 2.24) is 0 Å². The Morgan fingerprint density at radius 2 is 1.58 bits per heavy atom. The van der Waals surface area contributed by atoms with E-state index >= 15 is 0 Å². The molecule has 0 aliphatic heterocycles. The highest BCUT2D eigenvalue weighted by molar-refractivity contribution is 5.60. The minimum absolute atomic E-state index is 0.573. The average molecular weight is 248 g/mol. The van der Waals surface area contributed by atoms with E-state index in [4.69, 9.17) is 0 Å². The van der Waals surface area contributed by atoms with Crippen LogP contribution >= 0.6 is 0 Å². The van der Waals surface area contributed by atoms with Crippen molar-refractivity contribution in [1.29, 1.82) is 0 Å². The number of aliphatic hydroxyl groups is 1. The number of benzene rings is 2. The summed E-state index contributed by atoms with van der Waals surface area (Å²) in [5.41, 5.74) is 2.71. The number of rotatable bonds is 2. The normalized spacial score (nSPS) is 12.4. The smallest absolute Gasteiger partial charge is 0.0840 e. The van der Waals surface area contributed by atoms with Gasteiger partial charge in [0.15, 0.2) is 0 Å². The maximum absolute atomic E-state index is 9.78. The van der Waals surface area contributed by atoms with Crippen LogP contribution in [0.4, 0.5) is 0 Å². The molecule has 0 bridgehead atoms. The molecule has 0 aliphatic rings. The summed E-state index contributed by atoms with van der Waals surface area (Å²) in [6, 6.07) is 19.7. The van der Waals surface area contributed by atoms with Crippen molar-refractivity contribution >= 4 is 6.08 Å². The SMILES string of the molecule is CC(O)/C(C#Cc1ccccc1)=C/c1ccccc1. The van der Waals surface area contributed by atoms with Crippen LogP contribution in [0.25, 0.3) is 6.08 Å². The predicted octanol–water partition coefficient (Wildman–Crippen LogP) is 3.50. The summed E-state index contributed by atoms with van der Waals surface area (Å²) in [6.45, 7) is 1.73. The second-order valence-electron chi connectivity index (χ2n) is 4.30. The Hall–Kier alpha value is -2.30. The van der Waals surface area contributed by atoms with Crippen LogP contribution in [0.15, 0.2) is 66.2 Å². The van der Waals surface area contributed by atoms with Gasteiger partial charge in [-0.2, -0.15) is 0 Å². The van der Waals surface area contributed by atoms with Crippen molar-refractivity contribution in [3.63, 3.8) is 0 Å². The summed E-state index contributed by atoms with van der Waals surface area (Å²) < 4.78 is 0. The molecule has 0 saturated carbocycles. The molecule has 1 atom stereocenters. The van der Waals surface area contributed by atoms with E-state index in [2.05, 4.69) is 11.8 Å². The molecule has 94 valence electrons. The zero-order valence-corrected chi connectivity index (χ0v) is 10.9. The molecule has 0 spiro atoms. The van der Waals surface area contributed by atoms with Crippen molar-refractivity contribution < 1.29 is 5.11 Å². The Morgan fingerprint density at radius 3 is 2.16 bits per heavy atom. The van der Waals surface area contributed by atoms with Crippen molar-refractivity contribution in [3.05, 3.63) is 77.4 Å². The molecule has 0 amide bonds. The fourth-order valence-corrected chi connectivity index (χ4v) is 1.66. The van der Waals surface area contributed by atoms with E-state index < -0.39 is 6.10 Å². The van der Waals surface area contributed by atoms with Crippen molar-refractivity contribution in [2.24, 2.45) is 0 Å². The lowest BCUT2D eigenvalue weighted by molar-refractivity contribution is 0.237. The zero-order valence-electron chi connectivity index (χ0n) is 10.9. The Morgan fingerprint density at radius 1 is 1.00 bits per heavy atom. The van der Waals surface area contributed by atoms with Gasteiger partial charge in [-0.1, -0.05) is 60.4 Å². The maximum Gasteiger partial charge on any atom is 0.0840 e. The molecule has 19 heavy (non-hydrogen) atoms. The van der Waals surface area contributed by atoms with Crippen LogP contribution in [0.2, 0.25) is 0 Å². The topological polar surface area (TPSA) is 20.2 Å². The molecule has 0 aliphatic carbocycles. The van der Waals surface area contributed by atoms with Crippen LogP contribution in [-0.2, 0) is 0 Å². The summed E-state index contributed by atoms with van der Waals surface area (Å²) in [6.07, 6.45) is 1.34. The van der Waals surface area contributed by atoms with Crippen LogP contribution in [0.3, 0.4) is 0 Å². The molecule has 1 nitrogen and oxygen atoms in total. The first-order chi connectivity index (χ1) is 9.25. The van der Waals surface area contributed by atoms with Crippen LogP contribution < -0.4 is 0 Å². The monoisotopic (exact) mass is 248 g/mol. The predicted molar refractivity (Wildman–Crippen MR) is 79.4 cm³/mol. The number of aliphatic hydroxyl groups excluding tert-OH is 1. The molecule has 0 fully saturated rings. The van der Waals surface area contributed by atoms with Crippen molar-refractivity contribution in [2.75, 3.05) is 0 Å². The van der Waals surface area contributed by atoms with Crippen molar-refractivity contribution in [3.8, 4) is 11.8 Å². The van der Waals surface area contributed by atoms with Crippen LogP contribution in [0, 0.1) is 11.8 Å². The third kappa shape index (κ3) is 4.13. The molecular weight excluding hydrogens is 232 g/mol. The van der Waals surface area contributed by atoms with Gasteiger partial charge in [-0.3, -0.25) is 0 Å². The van der Waals surface area contributed by atoms with Gasteiger partial charge in [0, 0.05) is 11.1 Å². The Balaban J connectivity index is 2.28. The van der Waals surface area contributed by atoms with Gasteiger partial charge in [0.1, 0.15) is 0 Å². The fourth-order valence-electron chi connectivity index (χ4n) is 1.66. The van der Waals surface area contributed by atoms with Gasteiger partial charge in [-0.15, -0.1) is 0 Å². The Bertz CT molecular complexity index is 598. The molecule has 1 unspecified atom stereocenters. The summed E-state index contributed by atoms with van der Waals surface area (Å²) in [4.78, 5) is 0. The molecule has 2 aromatic rings. The molecule has 2 rings (SSSR count). The Kier molecular flexibility index (Phi) is 4.55. The summed E-state index contributed by atoms with van der Waals surface area (Å²) in [5.74, 6) is 6.11. The summed E-state index contributed by atoms with van der Waals surface area (Å²) >= 11 is 0. The lowest BCUT2D eigenvalue weighted by atomic mass is 10.1. The van der Waals surface area contributed by atoms with E-state index in [-0.39, 0.29) is 0 Å². The molecule has 0 saturated heterocycles. The lowest BCUT2D eigenvalue weighted by Gasteiger charge is -2.03. The lowest BCUT2D eigenvalue weighted by Crippen LogP contribution is -2.02. The standard InChI is InChI=1S/C18H16O/c1-15(19)18(14-17-10-6-3-7-11-17)13-12-16-8-4-2-5-9-16/h2-11,14-15,19H,1H3/b18-14+. The van der Waals surface area contributed by atoms with Gasteiger partial charge in [-0.25, -0.2) is 0 Å². The second-order valence-corrected chi connectivity index (χ2v) is 4.30. The van der Waals surface area contributed by atoms with E-state index in [0.717, 1.165) is 16.7 Å². The largest absolute Gasteiger partial charge is 0.388 e. The summed E-state index contributed by atoms with van der Waals surface area (Å²) in [7, 11) is 0. The van der Waals surface area contributed by atoms with E-state index in [1.165, 1.54) is 0 Å². The molecule has 0 heterocycles. The van der Waals surface area contributed by atoms with Gasteiger partial charge in [0.05, 0.1) is 6.10 Å². The quantitative estimate of drug-likeness (QED) is 0.806.